The number of hydrogen-bond acceptors (Lipinski definition) is 4. The van der Waals surface area contributed by atoms with Crippen molar-refractivity contribution < 1.29 is 14.8 Å². The van der Waals surface area contributed by atoms with E-state index in [-0.39, 0.29) is 18.0 Å². The minimum absolute atomic E-state index is 0.0903. The number of aliphatic hydroxyl groups is 1. The van der Waals surface area contributed by atoms with Crippen LogP contribution in [0, 0.1) is 16.0 Å². The van der Waals surface area contributed by atoms with Gasteiger partial charge in [-0.2, -0.15) is 0 Å². The molecule has 1 unspecified atom stereocenters. The fourth-order valence-electron chi connectivity index (χ4n) is 2.64. The first-order valence-electron chi connectivity index (χ1n) is 6.81. The van der Waals surface area contributed by atoms with E-state index < -0.39 is 11.0 Å². The largest absolute Gasteiger partial charge is 0.484 e. The number of nitro benzene ring substituents is 1. The molecule has 110 valence electrons. The number of nitro groups is 1. The van der Waals surface area contributed by atoms with Gasteiger partial charge in [-0.3, -0.25) is 10.1 Å². The molecular weight excluding hydrogens is 326 g/mol. The van der Waals surface area contributed by atoms with Crippen molar-refractivity contribution in [1.82, 2.24) is 0 Å². The van der Waals surface area contributed by atoms with Crippen molar-refractivity contribution in [3.8, 4) is 5.75 Å². The second-order valence-corrected chi connectivity index (χ2v) is 6.14. The van der Waals surface area contributed by atoms with Gasteiger partial charge in [0, 0.05) is 10.5 Å². The molecule has 6 heteroatoms. The predicted molar refractivity (Wildman–Crippen MR) is 78.9 cm³/mol. The van der Waals surface area contributed by atoms with Crippen LogP contribution in [-0.2, 0) is 0 Å². The van der Waals surface area contributed by atoms with Crippen molar-refractivity contribution in [3.63, 3.8) is 0 Å². The lowest BCUT2D eigenvalue weighted by Crippen LogP contribution is -2.20. The summed E-state index contributed by atoms with van der Waals surface area (Å²) in [6, 6.07) is 4.63. The summed E-state index contributed by atoms with van der Waals surface area (Å²) < 4.78 is 6.04. The summed E-state index contributed by atoms with van der Waals surface area (Å²) in [7, 11) is 0. The highest BCUT2D eigenvalue weighted by atomic mass is 79.9. The van der Waals surface area contributed by atoms with Gasteiger partial charge in [-0.25, -0.2) is 0 Å². The minimum Gasteiger partial charge on any atom is -0.484 e. The Balaban J connectivity index is 1.91. The van der Waals surface area contributed by atoms with Crippen molar-refractivity contribution in [1.29, 1.82) is 0 Å². The zero-order valence-corrected chi connectivity index (χ0v) is 12.7. The van der Waals surface area contributed by atoms with Gasteiger partial charge >= 0.3 is 5.69 Å². The van der Waals surface area contributed by atoms with E-state index in [9.17, 15) is 15.2 Å². The van der Waals surface area contributed by atoms with E-state index in [2.05, 4.69) is 15.9 Å². The Bertz CT molecular complexity index is 474. The monoisotopic (exact) mass is 343 g/mol. The molecule has 0 amide bonds. The molecule has 1 aliphatic carbocycles. The van der Waals surface area contributed by atoms with E-state index in [0.29, 0.717) is 16.8 Å². The van der Waals surface area contributed by atoms with E-state index >= 15 is 0 Å². The molecule has 1 saturated carbocycles. The second-order valence-electron chi connectivity index (χ2n) is 5.22. The quantitative estimate of drug-likeness (QED) is 0.631. The van der Waals surface area contributed by atoms with Crippen molar-refractivity contribution in [2.45, 2.75) is 38.2 Å². The topological polar surface area (TPSA) is 72.6 Å². The third-order valence-corrected chi connectivity index (χ3v) is 4.12. The molecule has 1 aromatic rings. The van der Waals surface area contributed by atoms with Gasteiger partial charge in [0.15, 0.2) is 5.75 Å². The van der Waals surface area contributed by atoms with Gasteiger partial charge in [0.2, 0.25) is 0 Å². The summed E-state index contributed by atoms with van der Waals surface area (Å²) in [4.78, 5) is 10.5. The number of halogens is 1. The number of hydrogen-bond donors (Lipinski definition) is 1. The molecule has 1 fully saturated rings. The first kappa shape index (κ1) is 15.3. The minimum atomic E-state index is -0.568. The van der Waals surface area contributed by atoms with E-state index in [4.69, 9.17) is 4.74 Å². The highest BCUT2D eigenvalue weighted by Crippen LogP contribution is 2.31. The Hall–Kier alpha value is -1.14. The SMILES string of the molecule is O=[N+]([O-])c1cc(Br)ccc1OCC(O)CC1CCCC1. The smallest absolute Gasteiger partial charge is 0.312 e. The highest BCUT2D eigenvalue weighted by molar-refractivity contribution is 9.10. The summed E-state index contributed by atoms with van der Waals surface area (Å²) in [5, 5.41) is 20.9. The van der Waals surface area contributed by atoms with Crippen molar-refractivity contribution in [2.75, 3.05) is 6.61 Å². The Kier molecular flexibility index (Phi) is 5.37. The summed E-state index contributed by atoms with van der Waals surface area (Å²) in [5.74, 6) is 0.761. The maximum absolute atomic E-state index is 10.9. The fourth-order valence-corrected chi connectivity index (χ4v) is 2.99. The number of rotatable bonds is 6. The Morgan fingerprint density at radius 2 is 2.15 bits per heavy atom. The van der Waals surface area contributed by atoms with Gasteiger partial charge in [0.05, 0.1) is 11.0 Å². The fraction of sp³-hybridized carbons (Fsp3) is 0.571. The van der Waals surface area contributed by atoms with Gasteiger partial charge in [0.1, 0.15) is 6.61 Å². The van der Waals surface area contributed by atoms with Crippen molar-refractivity contribution >= 4 is 21.6 Å². The number of nitrogens with zero attached hydrogens (tertiary/aromatic N) is 1. The molecular formula is C14H18BrNO4. The molecule has 0 saturated heterocycles. The molecule has 0 bridgehead atoms. The number of ether oxygens (including phenoxy) is 1. The van der Waals surface area contributed by atoms with Crippen LogP contribution in [0.15, 0.2) is 22.7 Å². The molecule has 5 nitrogen and oxygen atoms in total. The van der Waals surface area contributed by atoms with Gasteiger partial charge in [-0.05, 0) is 24.5 Å². The van der Waals surface area contributed by atoms with Gasteiger partial charge < -0.3 is 9.84 Å². The van der Waals surface area contributed by atoms with E-state index in [1.54, 1.807) is 12.1 Å². The lowest BCUT2D eigenvalue weighted by atomic mass is 10.0. The predicted octanol–water partition coefficient (Wildman–Crippen LogP) is 3.68. The van der Waals surface area contributed by atoms with Crippen LogP contribution in [0.25, 0.3) is 0 Å². The average molecular weight is 344 g/mol. The first-order chi connectivity index (χ1) is 9.56. The molecule has 1 N–H and O–H groups in total. The van der Waals surface area contributed by atoms with E-state index in [1.165, 1.54) is 18.9 Å². The summed E-state index contributed by atoms with van der Waals surface area (Å²) in [5.41, 5.74) is -0.0903. The standard InChI is InChI=1S/C14H18BrNO4/c15-11-5-6-14(13(8-11)16(18)19)20-9-12(17)7-10-3-1-2-4-10/h5-6,8,10,12,17H,1-4,7,9H2. The first-order valence-corrected chi connectivity index (χ1v) is 7.60. The molecule has 20 heavy (non-hydrogen) atoms. The molecule has 1 aromatic carbocycles. The van der Waals surface area contributed by atoms with Gasteiger partial charge in [-0.1, -0.05) is 41.6 Å². The average Bonchev–Trinajstić information content (AvgIpc) is 2.90. The van der Waals surface area contributed by atoms with Crippen molar-refractivity contribution in [3.05, 3.63) is 32.8 Å². The van der Waals surface area contributed by atoms with Crippen LogP contribution >= 0.6 is 15.9 Å². The van der Waals surface area contributed by atoms with E-state index in [1.807, 2.05) is 0 Å². The zero-order valence-electron chi connectivity index (χ0n) is 11.1. The van der Waals surface area contributed by atoms with Crippen LogP contribution in [0.1, 0.15) is 32.1 Å². The Morgan fingerprint density at radius 1 is 1.45 bits per heavy atom. The Morgan fingerprint density at radius 3 is 2.80 bits per heavy atom. The lowest BCUT2D eigenvalue weighted by Gasteiger charge is -2.16. The zero-order chi connectivity index (χ0) is 14.5. The summed E-state index contributed by atoms with van der Waals surface area (Å²) in [6.45, 7) is 0.0962. The Labute approximate surface area is 126 Å². The molecule has 0 radical (unpaired) electrons. The molecule has 0 heterocycles. The van der Waals surface area contributed by atoms with Crippen molar-refractivity contribution in [2.24, 2.45) is 5.92 Å². The third-order valence-electron chi connectivity index (χ3n) is 3.63. The third kappa shape index (κ3) is 4.18. The van der Waals surface area contributed by atoms with Crippen LogP contribution < -0.4 is 4.74 Å². The second kappa shape index (κ2) is 7.04. The summed E-state index contributed by atoms with van der Waals surface area (Å²) in [6.07, 6.45) is 4.93. The number of benzene rings is 1. The highest BCUT2D eigenvalue weighted by Gasteiger charge is 2.21. The normalized spacial score (nSPS) is 17.1. The van der Waals surface area contributed by atoms with Crippen LogP contribution in [0.4, 0.5) is 5.69 Å². The molecule has 1 aliphatic rings. The molecule has 2 rings (SSSR count). The maximum atomic E-state index is 10.9. The van der Waals surface area contributed by atoms with Crippen LogP contribution in [0.3, 0.4) is 0 Å². The lowest BCUT2D eigenvalue weighted by molar-refractivity contribution is -0.386. The van der Waals surface area contributed by atoms with Crippen LogP contribution in [-0.4, -0.2) is 22.7 Å². The van der Waals surface area contributed by atoms with E-state index in [0.717, 1.165) is 12.8 Å². The van der Waals surface area contributed by atoms with Gasteiger partial charge in [-0.15, -0.1) is 0 Å². The van der Waals surface area contributed by atoms with Gasteiger partial charge in [0.25, 0.3) is 0 Å². The molecule has 1 atom stereocenters. The van der Waals surface area contributed by atoms with Crippen LogP contribution in [0.2, 0.25) is 0 Å². The molecule has 0 aromatic heterocycles. The number of aliphatic hydroxyl groups excluding tert-OH is 1. The molecule has 0 aliphatic heterocycles. The van der Waals surface area contributed by atoms with Crippen LogP contribution in [0.5, 0.6) is 5.75 Å². The maximum Gasteiger partial charge on any atom is 0.312 e. The molecule has 0 spiro atoms. The summed E-state index contributed by atoms with van der Waals surface area (Å²) >= 11 is 3.19.